The van der Waals surface area contributed by atoms with Crippen molar-refractivity contribution in [3.63, 3.8) is 0 Å². The van der Waals surface area contributed by atoms with E-state index < -0.39 is 0 Å². The fourth-order valence-electron chi connectivity index (χ4n) is 2.51. The maximum Gasteiger partial charge on any atom is 0.128 e. The van der Waals surface area contributed by atoms with Crippen molar-refractivity contribution in [3.05, 3.63) is 23.4 Å². The second-order valence-electron chi connectivity index (χ2n) is 4.46. The maximum absolute atomic E-state index is 6.10. The van der Waals surface area contributed by atoms with E-state index in [1.807, 2.05) is 0 Å². The summed E-state index contributed by atoms with van der Waals surface area (Å²) in [6, 6.07) is 4.39. The Morgan fingerprint density at radius 2 is 2.27 bits per heavy atom. The van der Waals surface area contributed by atoms with Crippen LogP contribution in [0.1, 0.15) is 24.1 Å². The number of hydrogen-bond donors (Lipinski definition) is 0. The zero-order valence-electron chi connectivity index (χ0n) is 8.75. The van der Waals surface area contributed by atoms with Crippen molar-refractivity contribution in [1.82, 2.24) is 4.98 Å². The fraction of sp³-hybridized carbons (Fsp3) is 0.583. The summed E-state index contributed by atoms with van der Waals surface area (Å²) in [5.41, 5.74) is 2.76. The zero-order chi connectivity index (χ0) is 10.3. The van der Waals surface area contributed by atoms with E-state index in [9.17, 15) is 0 Å². The minimum Gasteiger partial charge on any atom is -0.355 e. The summed E-state index contributed by atoms with van der Waals surface area (Å²) < 4.78 is 0. The summed E-state index contributed by atoms with van der Waals surface area (Å²) in [7, 11) is 0. The van der Waals surface area contributed by atoms with E-state index in [-0.39, 0.29) is 0 Å². The molecule has 3 heteroatoms. The van der Waals surface area contributed by atoms with Gasteiger partial charge in [-0.25, -0.2) is 4.98 Å². The Morgan fingerprint density at radius 1 is 1.33 bits per heavy atom. The lowest BCUT2D eigenvalue weighted by molar-refractivity contribution is 0.887. The number of aryl methyl sites for hydroxylation is 2. The van der Waals surface area contributed by atoms with Gasteiger partial charge in [0.1, 0.15) is 5.82 Å². The molecular weight excluding hydrogens is 208 g/mol. The van der Waals surface area contributed by atoms with Crippen molar-refractivity contribution in [2.75, 3.05) is 18.0 Å². The normalized spacial score (nSPS) is 24.6. The molecule has 2 heterocycles. The molecule has 3 rings (SSSR count). The lowest BCUT2D eigenvalue weighted by Gasteiger charge is -2.17. The molecule has 1 saturated heterocycles. The van der Waals surface area contributed by atoms with Crippen LogP contribution >= 0.6 is 11.6 Å². The van der Waals surface area contributed by atoms with Crippen LogP contribution in [-0.2, 0) is 12.8 Å². The highest BCUT2D eigenvalue weighted by Gasteiger charge is 2.22. The molecule has 15 heavy (non-hydrogen) atoms. The fourth-order valence-corrected chi connectivity index (χ4v) is 2.78. The molecule has 0 radical (unpaired) electrons. The molecule has 1 aliphatic heterocycles. The van der Waals surface area contributed by atoms with Crippen LogP contribution in [0.25, 0.3) is 0 Å². The van der Waals surface area contributed by atoms with Crippen LogP contribution in [0.3, 0.4) is 0 Å². The van der Waals surface area contributed by atoms with Gasteiger partial charge in [-0.3, -0.25) is 0 Å². The first kappa shape index (κ1) is 9.46. The van der Waals surface area contributed by atoms with Crippen molar-refractivity contribution >= 4 is 17.4 Å². The molecule has 1 atom stereocenters. The number of alkyl halides is 1. The first-order valence-corrected chi connectivity index (χ1v) is 6.14. The Balaban J connectivity index is 1.87. The van der Waals surface area contributed by atoms with Gasteiger partial charge in [0.05, 0.1) is 5.38 Å². The molecule has 0 aromatic carbocycles. The van der Waals surface area contributed by atoms with E-state index in [2.05, 4.69) is 17.0 Å². The molecule has 1 aromatic heterocycles. The van der Waals surface area contributed by atoms with Crippen molar-refractivity contribution in [3.8, 4) is 0 Å². The lowest BCUT2D eigenvalue weighted by Crippen LogP contribution is -2.21. The number of rotatable bonds is 1. The molecule has 0 N–H and O–H groups in total. The lowest BCUT2D eigenvalue weighted by atomic mass is 10.2. The van der Waals surface area contributed by atoms with E-state index in [0.717, 1.165) is 31.7 Å². The minimum atomic E-state index is 0.306. The van der Waals surface area contributed by atoms with Crippen LogP contribution in [0, 0.1) is 0 Å². The van der Waals surface area contributed by atoms with Gasteiger partial charge in [-0.2, -0.15) is 0 Å². The number of nitrogens with zero attached hydrogens (tertiary/aromatic N) is 2. The van der Waals surface area contributed by atoms with E-state index >= 15 is 0 Å². The summed E-state index contributed by atoms with van der Waals surface area (Å²) in [5, 5.41) is 0.306. The third-order valence-electron chi connectivity index (χ3n) is 3.37. The molecule has 2 aliphatic rings. The molecule has 1 aromatic rings. The predicted molar refractivity (Wildman–Crippen MR) is 62.7 cm³/mol. The average molecular weight is 223 g/mol. The zero-order valence-corrected chi connectivity index (χ0v) is 9.50. The smallest absolute Gasteiger partial charge is 0.128 e. The van der Waals surface area contributed by atoms with Crippen molar-refractivity contribution in [2.24, 2.45) is 0 Å². The highest BCUT2D eigenvalue weighted by atomic mass is 35.5. The molecule has 1 unspecified atom stereocenters. The molecule has 2 nitrogen and oxygen atoms in total. The number of pyridine rings is 1. The summed E-state index contributed by atoms with van der Waals surface area (Å²) in [5.74, 6) is 1.12. The van der Waals surface area contributed by atoms with Crippen molar-refractivity contribution in [1.29, 1.82) is 0 Å². The van der Waals surface area contributed by atoms with E-state index in [1.54, 1.807) is 0 Å². The Hall–Kier alpha value is -0.760. The van der Waals surface area contributed by atoms with Gasteiger partial charge < -0.3 is 4.90 Å². The average Bonchev–Trinajstić information content (AvgIpc) is 2.84. The van der Waals surface area contributed by atoms with Crippen LogP contribution in [0.15, 0.2) is 12.1 Å². The highest BCUT2D eigenvalue weighted by Crippen LogP contribution is 2.26. The van der Waals surface area contributed by atoms with Crippen LogP contribution in [0.4, 0.5) is 5.82 Å². The van der Waals surface area contributed by atoms with Crippen LogP contribution < -0.4 is 4.90 Å². The van der Waals surface area contributed by atoms with Crippen molar-refractivity contribution in [2.45, 2.75) is 31.1 Å². The number of anilines is 1. The second-order valence-corrected chi connectivity index (χ2v) is 5.08. The Bertz CT molecular complexity index is 378. The van der Waals surface area contributed by atoms with Crippen LogP contribution in [-0.4, -0.2) is 23.5 Å². The molecule has 1 aliphatic carbocycles. The van der Waals surface area contributed by atoms with Gasteiger partial charge in [0.2, 0.25) is 0 Å². The highest BCUT2D eigenvalue weighted by molar-refractivity contribution is 6.21. The van der Waals surface area contributed by atoms with Gasteiger partial charge in [0.15, 0.2) is 0 Å². The van der Waals surface area contributed by atoms with Gasteiger partial charge >= 0.3 is 0 Å². The topological polar surface area (TPSA) is 16.1 Å². The van der Waals surface area contributed by atoms with Gasteiger partial charge in [-0.05, 0) is 37.3 Å². The molecule has 0 bridgehead atoms. The first-order valence-electron chi connectivity index (χ1n) is 5.71. The maximum atomic E-state index is 6.10. The monoisotopic (exact) mass is 222 g/mol. The van der Waals surface area contributed by atoms with Gasteiger partial charge in [-0.1, -0.05) is 6.07 Å². The quantitative estimate of drug-likeness (QED) is 0.679. The third kappa shape index (κ3) is 1.71. The molecule has 0 saturated carbocycles. The van der Waals surface area contributed by atoms with Crippen LogP contribution in [0.2, 0.25) is 0 Å². The Morgan fingerprint density at radius 3 is 3.07 bits per heavy atom. The third-order valence-corrected chi connectivity index (χ3v) is 3.72. The SMILES string of the molecule is ClC1CCN(c2ccc3c(n2)CCC3)C1. The molecule has 1 fully saturated rings. The molecule has 0 spiro atoms. The summed E-state index contributed by atoms with van der Waals surface area (Å²) in [6.45, 7) is 2.01. The molecule has 0 amide bonds. The number of hydrogen-bond acceptors (Lipinski definition) is 2. The Kier molecular flexibility index (Phi) is 2.32. The number of fused-ring (bicyclic) bond motifs is 1. The van der Waals surface area contributed by atoms with Crippen molar-refractivity contribution < 1.29 is 0 Å². The van der Waals surface area contributed by atoms with Gasteiger partial charge in [0.25, 0.3) is 0 Å². The van der Waals surface area contributed by atoms with Gasteiger partial charge in [0, 0.05) is 18.8 Å². The standard InChI is InChI=1S/C12H15ClN2/c13-10-6-7-15(8-10)12-5-4-9-2-1-3-11(9)14-12/h4-5,10H,1-3,6-8H2. The van der Waals surface area contributed by atoms with Crippen LogP contribution in [0.5, 0.6) is 0 Å². The van der Waals surface area contributed by atoms with E-state index in [1.165, 1.54) is 24.1 Å². The van der Waals surface area contributed by atoms with E-state index in [0.29, 0.717) is 5.38 Å². The minimum absolute atomic E-state index is 0.306. The number of halogens is 1. The summed E-state index contributed by atoms with van der Waals surface area (Å²) in [6.07, 6.45) is 4.71. The van der Waals surface area contributed by atoms with Gasteiger partial charge in [-0.15, -0.1) is 11.6 Å². The number of aromatic nitrogens is 1. The predicted octanol–water partition coefficient (Wildman–Crippen LogP) is 2.39. The summed E-state index contributed by atoms with van der Waals surface area (Å²) >= 11 is 6.10. The Labute approximate surface area is 95.3 Å². The largest absolute Gasteiger partial charge is 0.355 e. The van der Waals surface area contributed by atoms with E-state index in [4.69, 9.17) is 16.6 Å². The molecular formula is C12H15ClN2. The molecule has 80 valence electrons. The first-order chi connectivity index (χ1) is 7.33. The second kappa shape index (κ2) is 3.67. The summed E-state index contributed by atoms with van der Waals surface area (Å²) in [4.78, 5) is 7.04.